The third-order valence-electron chi connectivity index (χ3n) is 6.73. The first kappa shape index (κ1) is 28.3. The minimum Gasteiger partial charge on any atom is -0.454 e. The summed E-state index contributed by atoms with van der Waals surface area (Å²) in [6, 6.07) is 13.2. The first-order valence-corrected chi connectivity index (χ1v) is 14.6. The Hall–Kier alpha value is -3.21. The van der Waals surface area contributed by atoms with Gasteiger partial charge in [0.1, 0.15) is 12.4 Å². The summed E-state index contributed by atoms with van der Waals surface area (Å²) in [5.41, 5.74) is 3.04. The number of nitrogens with one attached hydrogen (secondary N) is 1. The number of amides is 2. The number of likely N-dealkylation sites (N-methyl/N-ethyl adjacent to an activating group) is 1. The molecular weight excluding hydrogens is 550 g/mol. The molecule has 1 unspecified atom stereocenters. The number of aromatic nitrogens is 2. The average molecular weight is 584 g/mol. The molecule has 2 aromatic carbocycles. The van der Waals surface area contributed by atoms with Crippen LogP contribution in [0.3, 0.4) is 0 Å². The summed E-state index contributed by atoms with van der Waals surface area (Å²) < 4.78 is 13.0. The molecule has 0 bridgehead atoms. The van der Waals surface area contributed by atoms with E-state index in [0.717, 1.165) is 16.8 Å². The van der Waals surface area contributed by atoms with Gasteiger partial charge < -0.3 is 19.7 Å². The molecule has 9 nitrogen and oxygen atoms in total. The van der Waals surface area contributed by atoms with Crippen LogP contribution in [0.25, 0.3) is 5.69 Å². The summed E-state index contributed by atoms with van der Waals surface area (Å²) in [5, 5.41) is 8.36. The van der Waals surface area contributed by atoms with Crippen molar-refractivity contribution < 1.29 is 19.1 Å². The number of hydrogen-bond donors (Lipinski definition) is 1. The minimum atomic E-state index is -0.365. The third-order valence-corrected chi connectivity index (χ3v) is 8.22. The van der Waals surface area contributed by atoms with Crippen molar-refractivity contribution in [1.82, 2.24) is 20.0 Å². The molecule has 2 amide bonds. The molecule has 2 aliphatic heterocycles. The predicted molar refractivity (Wildman–Crippen MR) is 158 cm³/mol. The maximum absolute atomic E-state index is 13.8. The van der Waals surface area contributed by atoms with Crippen molar-refractivity contribution in [3.63, 3.8) is 0 Å². The molecular formula is C29H34ClN5O4S. The average Bonchev–Trinajstić information content (AvgIpc) is 3.49. The van der Waals surface area contributed by atoms with E-state index in [0.29, 0.717) is 41.1 Å². The van der Waals surface area contributed by atoms with Crippen LogP contribution >= 0.6 is 23.4 Å². The normalized spacial score (nSPS) is 16.7. The van der Waals surface area contributed by atoms with Crippen LogP contribution in [-0.2, 0) is 15.0 Å². The molecule has 0 spiro atoms. The molecule has 5 rings (SSSR count). The highest BCUT2D eigenvalue weighted by molar-refractivity contribution is 8.00. The van der Waals surface area contributed by atoms with Gasteiger partial charge in [-0.25, -0.2) is 4.68 Å². The van der Waals surface area contributed by atoms with Gasteiger partial charge in [0, 0.05) is 29.1 Å². The zero-order valence-electron chi connectivity index (χ0n) is 23.4. The number of carbonyl (C=O) groups is 2. The highest BCUT2D eigenvalue weighted by Crippen LogP contribution is 2.50. The predicted octanol–water partition coefficient (Wildman–Crippen LogP) is 4.40. The zero-order valence-corrected chi connectivity index (χ0v) is 24.9. The minimum absolute atomic E-state index is 0.122. The van der Waals surface area contributed by atoms with E-state index in [2.05, 4.69) is 26.1 Å². The monoisotopic (exact) mass is 583 g/mol. The number of thioether (sulfide) groups is 1. The molecule has 3 aromatic rings. The molecule has 0 saturated heterocycles. The largest absolute Gasteiger partial charge is 0.454 e. The number of hydrogen-bond acceptors (Lipinski definition) is 7. The summed E-state index contributed by atoms with van der Waals surface area (Å²) in [6.07, 6.45) is 0. The molecule has 0 saturated carbocycles. The first-order chi connectivity index (χ1) is 19.0. The summed E-state index contributed by atoms with van der Waals surface area (Å²) >= 11 is 7.92. The quantitative estimate of drug-likeness (QED) is 0.441. The van der Waals surface area contributed by atoms with Crippen molar-refractivity contribution in [2.75, 3.05) is 51.2 Å². The molecule has 1 atom stereocenters. The molecule has 2 aliphatic rings. The number of halogens is 1. The molecule has 1 aromatic heterocycles. The molecule has 0 radical (unpaired) electrons. The molecule has 11 heteroatoms. The summed E-state index contributed by atoms with van der Waals surface area (Å²) in [4.78, 5) is 30.5. The van der Waals surface area contributed by atoms with E-state index in [4.69, 9.17) is 26.2 Å². The molecule has 40 heavy (non-hydrogen) atoms. The maximum Gasteiger partial charge on any atom is 0.240 e. The molecule has 212 valence electrons. The highest BCUT2D eigenvalue weighted by atomic mass is 35.5. The fourth-order valence-electron chi connectivity index (χ4n) is 4.82. The van der Waals surface area contributed by atoms with Gasteiger partial charge in [0.05, 0.1) is 22.4 Å². The second-order valence-corrected chi connectivity index (χ2v) is 12.7. The van der Waals surface area contributed by atoms with Crippen LogP contribution in [0.2, 0.25) is 5.02 Å². The number of anilines is 1. The van der Waals surface area contributed by atoms with E-state index in [9.17, 15) is 9.59 Å². The maximum atomic E-state index is 13.8. The summed E-state index contributed by atoms with van der Waals surface area (Å²) in [6.45, 7) is 7.54. The van der Waals surface area contributed by atoms with Crippen molar-refractivity contribution >= 4 is 41.0 Å². The Balaban J connectivity index is 1.68. The Morgan fingerprint density at radius 3 is 2.67 bits per heavy atom. The Morgan fingerprint density at radius 2 is 1.95 bits per heavy atom. The zero-order chi connectivity index (χ0) is 28.6. The van der Waals surface area contributed by atoms with Gasteiger partial charge >= 0.3 is 0 Å². The van der Waals surface area contributed by atoms with Crippen molar-refractivity contribution in [1.29, 1.82) is 0 Å². The van der Waals surface area contributed by atoms with Gasteiger partial charge in [0.25, 0.3) is 0 Å². The number of rotatable bonds is 7. The van der Waals surface area contributed by atoms with Gasteiger partial charge in [-0.3, -0.25) is 14.5 Å². The Bertz CT molecular complexity index is 1430. The van der Waals surface area contributed by atoms with Gasteiger partial charge in [-0.1, -0.05) is 44.5 Å². The highest BCUT2D eigenvalue weighted by Gasteiger charge is 2.40. The van der Waals surface area contributed by atoms with Gasteiger partial charge in [-0.2, -0.15) is 5.10 Å². The Morgan fingerprint density at radius 1 is 1.18 bits per heavy atom. The molecule has 0 aliphatic carbocycles. The number of ether oxygens (including phenoxy) is 2. The summed E-state index contributed by atoms with van der Waals surface area (Å²) in [7, 11) is 3.89. The van der Waals surface area contributed by atoms with Crippen LogP contribution < -0.4 is 19.7 Å². The lowest BCUT2D eigenvalue weighted by atomic mass is 9.87. The van der Waals surface area contributed by atoms with Crippen LogP contribution in [0.4, 0.5) is 5.82 Å². The van der Waals surface area contributed by atoms with Crippen LogP contribution in [0.15, 0.2) is 42.5 Å². The molecule has 0 fully saturated rings. The number of carbonyl (C=O) groups excluding carboxylic acids is 2. The van der Waals surface area contributed by atoms with E-state index in [1.165, 1.54) is 11.8 Å². The smallest absolute Gasteiger partial charge is 0.240 e. The third kappa shape index (κ3) is 5.80. The lowest BCUT2D eigenvalue weighted by Crippen LogP contribution is -2.43. The van der Waals surface area contributed by atoms with Gasteiger partial charge in [-0.05, 0) is 50.0 Å². The van der Waals surface area contributed by atoms with Crippen LogP contribution in [0.5, 0.6) is 11.5 Å². The van der Waals surface area contributed by atoms with E-state index in [1.807, 2.05) is 55.4 Å². The van der Waals surface area contributed by atoms with Crippen molar-refractivity contribution in [3.05, 3.63) is 64.3 Å². The Kier molecular flexibility index (Phi) is 8.03. The standard InChI is InChI=1S/C29H34ClN5O4S/c1-29(2,3)27-25-26(18-9-10-21-22(13-18)39-17-38-21)40-16-24(37)34(15-23(36)31-11-12-33(4)5)28(25)35(32-27)20-8-6-7-19(30)14-20/h6-10,13-14,26H,11-12,15-17H2,1-5H3,(H,31,36). The molecule has 3 heterocycles. The second kappa shape index (κ2) is 11.3. The lowest BCUT2D eigenvalue weighted by Gasteiger charge is -2.24. The number of fused-ring (bicyclic) bond motifs is 2. The fraction of sp³-hybridized carbons (Fsp3) is 0.414. The van der Waals surface area contributed by atoms with Gasteiger partial charge in [-0.15, -0.1) is 11.8 Å². The van der Waals surface area contributed by atoms with Gasteiger partial charge in [0.2, 0.25) is 18.6 Å². The van der Waals surface area contributed by atoms with E-state index in [1.54, 1.807) is 15.6 Å². The fourth-order valence-corrected chi connectivity index (χ4v) is 6.19. The topological polar surface area (TPSA) is 88.9 Å². The molecule has 1 N–H and O–H groups in total. The van der Waals surface area contributed by atoms with Crippen molar-refractivity contribution in [2.24, 2.45) is 0 Å². The van der Waals surface area contributed by atoms with Crippen molar-refractivity contribution in [2.45, 2.75) is 31.4 Å². The summed E-state index contributed by atoms with van der Waals surface area (Å²) in [5.74, 6) is 1.74. The number of nitrogens with zero attached hydrogens (tertiary/aromatic N) is 4. The lowest BCUT2D eigenvalue weighted by molar-refractivity contribution is -0.122. The van der Waals surface area contributed by atoms with Crippen molar-refractivity contribution in [3.8, 4) is 17.2 Å². The SMILES string of the molecule is CN(C)CCNC(=O)CN1C(=O)CSC(c2ccc3c(c2)OCO3)c2c(C(C)(C)C)nn(-c3cccc(Cl)c3)c21. The van der Waals surface area contributed by atoms with E-state index in [-0.39, 0.29) is 41.6 Å². The van der Waals surface area contributed by atoms with E-state index < -0.39 is 0 Å². The van der Waals surface area contributed by atoms with Crippen LogP contribution in [-0.4, -0.2) is 72.8 Å². The number of benzene rings is 2. The Labute approximate surface area is 243 Å². The second-order valence-electron chi connectivity index (χ2n) is 11.2. The van der Waals surface area contributed by atoms with Gasteiger partial charge in [0.15, 0.2) is 11.5 Å². The van der Waals surface area contributed by atoms with E-state index >= 15 is 0 Å². The van der Waals surface area contributed by atoms with Crippen LogP contribution in [0, 0.1) is 0 Å². The van der Waals surface area contributed by atoms with Crippen LogP contribution in [0.1, 0.15) is 42.8 Å². The first-order valence-electron chi connectivity index (χ1n) is 13.1.